The van der Waals surface area contributed by atoms with Crippen molar-refractivity contribution in [3.8, 4) is 5.75 Å². The van der Waals surface area contributed by atoms with Crippen LogP contribution >= 0.6 is 0 Å². The van der Waals surface area contributed by atoms with Crippen molar-refractivity contribution in [1.82, 2.24) is 0 Å². The van der Waals surface area contributed by atoms with Gasteiger partial charge in [-0.05, 0) is 36.1 Å². The first-order chi connectivity index (χ1) is 9.11. The highest BCUT2D eigenvalue weighted by Crippen LogP contribution is 2.27. The monoisotopic (exact) mass is 259 g/mol. The first-order valence-corrected chi connectivity index (χ1v) is 6.61. The maximum Gasteiger partial charge on any atom is 0.146 e. The van der Waals surface area contributed by atoms with Crippen LogP contribution < -0.4 is 10.5 Å². The summed E-state index contributed by atoms with van der Waals surface area (Å²) in [5.74, 6) is 3.00. The van der Waals surface area contributed by atoms with Crippen molar-refractivity contribution >= 4 is 0 Å². The zero-order valence-corrected chi connectivity index (χ0v) is 11.8. The third-order valence-corrected chi connectivity index (χ3v) is 3.17. The Bertz CT molecular complexity index is 543. The van der Waals surface area contributed by atoms with Gasteiger partial charge in [0.15, 0.2) is 0 Å². The molecule has 0 aliphatic rings. The smallest absolute Gasteiger partial charge is 0.146 e. The Morgan fingerprint density at radius 1 is 1.26 bits per heavy atom. The van der Waals surface area contributed by atoms with Gasteiger partial charge < -0.3 is 14.9 Å². The molecule has 2 rings (SSSR count). The van der Waals surface area contributed by atoms with Crippen LogP contribution in [0.1, 0.15) is 42.4 Å². The van der Waals surface area contributed by atoms with Gasteiger partial charge in [0.2, 0.25) is 0 Å². The number of benzene rings is 1. The summed E-state index contributed by atoms with van der Waals surface area (Å²) >= 11 is 0. The highest BCUT2D eigenvalue weighted by molar-refractivity contribution is 5.35. The highest BCUT2D eigenvalue weighted by Gasteiger charge is 2.10. The Kier molecular flexibility index (Phi) is 4.27. The van der Waals surface area contributed by atoms with Crippen LogP contribution in [0.15, 0.2) is 34.7 Å². The lowest BCUT2D eigenvalue weighted by Crippen LogP contribution is -1.99. The van der Waals surface area contributed by atoms with Crippen molar-refractivity contribution in [3.63, 3.8) is 0 Å². The van der Waals surface area contributed by atoms with Crippen LogP contribution in [-0.4, -0.2) is 0 Å². The van der Waals surface area contributed by atoms with Gasteiger partial charge >= 0.3 is 0 Å². The number of nitrogens with two attached hydrogens (primary N) is 1. The van der Waals surface area contributed by atoms with Crippen LogP contribution in [0.2, 0.25) is 0 Å². The minimum atomic E-state index is 0.425. The standard InChI is InChI=1S/C16H21NO2/c1-11(2)14-6-4-5-7-15(14)18-10-13-8-12(3)16(9-17)19-13/h4-8,11H,9-10,17H2,1-3H3. The fourth-order valence-electron chi connectivity index (χ4n) is 2.10. The zero-order valence-electron chi connectivity index (χ0n) is 11.8. The fraction of sp³-hybridized carbons (Fsp3) is 0.375. The maximum atomic E-state index is 5.86. The van der Waals surface area contributed by atoms with E-state index in [1.807, 2.05) is 31.2 Å². The lowest BCUT2D eigenvalue weighted by molar-refractivity contribution is 0.263. The minimum Gasteiger partial charge on any atom is -0.485 e. The van der Waals surface area contributed by atoms with Crippen molar-refractivity contribution in [2.45, 2.75) is 39.8 Å². The average Bonchev–Trinajstić information content (AvgIpc) is 2.77. The number of hydrogen-bond acceptors (Lipinski definition) is 3. The van der Waals surface area contributed by atoms with Crippen LogP contribution in [0.5, 0.6) is 5.75 Å². The lowest BCUT2D eigenvalue weighted by Gasteiger charge is -2.12. The number of aryl methyl sites for hydroxylation is 1. The molecule has 0 saturated carbocycles. The van der Waals surface area contributed by atoms with Crippen LogP contribution in [0, 0.1) is 6.92 Å². The molecule has 0 radical (unpaired) electrons. The van der Waals surface area contributed by atoms with E-state index in [0.29, 0.717) is 19.1 Å². The second kappa shape index (κ2) is 5.93. The van der Waals surface area contributed by atoms with Crippen molar-refractivity contribution in [1.29, 1.82) is 0 Å². The quantitative estimate of drug-likeness (QED) is 0.889. The van der Waals surface area contributed by atoms with E-state index in [1.54, 1.807) is 0 Å². The molecular weight excluding hydrogens is 238 g/mol. The molecule has 0 saturated heterocycles. The molecule has 0 unspecified atom stereocenters. The van der Waals surface area contributed by atoms with E-state index in [9.17, 15) is 0 Å². The molecule has 1 aromatic carbocycles. The molecule has 0 aliphatic carbocycles. The summed E-state index contributed by atoms with van der Waals surface area (Å²) in [6.45, 7) is 7.17. The Labute approximate surface area is 114 Å². The lowest BCUT2D eigenvalue weighted by atomic mass is 10.0. The molecule has 2 N–H and O–H groups in total. The number of rotatable bonds is 5. The van der Waals surface area contributed by atoms with Gasteiger partial charge in [0, 0.05) is 0 Å². The zero-order chi connectivity index (χ0) is 13.8. The summed E-state index contributed by atoms with van der Waals surface area (Å²) in [4.78, 5) is 0. The van der Waals surface area contributed by atoms with E-state index in [-0.39, 0.29) is 0 Å². The first-order valence-electron chi connectivity index (χ1n) is 6.61. The topological polar surface area (TPSA) is 48.4 Å². The van der Waals surface area contributed by atoms with E-state index in [4.69, 9.17) is 14.9 Å². The van der Waals surface area contributed by atoms with Gasteiger partial charge in [-0.1, -0.05) is 32.0 Å². The molecule has 2 aromatic rings. The Morgan fingerprint density at radius 3 is 2.63 bits per heavy atom. The second-order valence-corrected chi connectivity index (χ2v) is 5.00. The molecule has 0 amide bonds. The minimum absolute atomic E-state index is 0.425. The molecule has 0 spiro atoms. The van der Waals surface area contributed by atoms with Gasteiger partial charge in [-0.15, -0.1) is 0 Å². The van der Waals surface area contributed by atoms with Gasteiger partial charge in [-0.3, -0.25) is 0 Å². The fourth-order valence-corrected chi connectivity index (χ4v) is 2.10. The molecule has 19 heavy (non-hydrogen) atoms. The summed E-state index contributed by atoms with van der Waals surface area (Å²) in [6.07, 6.45) is 0. The van der Waals surface area contributed by atoms with Crippen molar-refractivity contribution in [2.24, 2.45) is 5.73 Å². The molecule has 1 heterocycles. The maximum absolute atomic E-state index is 5.86. The molecule has 102 valence electrons. The number of ether oxygens (including phenoxy) is 1. The Morgan fingerprint density at radius 2 is 2.00 bits per heavy atom. The third kappa shape index (κ3) is 3.18. The van der Waals surface area contributed by atoms with Crippen LogP contribution in [0.3, 0.4) is 0 Å². The van der Waals surface area contributed by atoms with E-state index in [0.717, 1.165) is 22.8 Å². The molecule has 0 fully saturated rings. The van der Waals surface area contributed by atoms with Crippen molar-refractivity contribution in [2.75, 3.05) is 0 Å². The largest absolute Gasteiger partial charge is 0.485 e. The Hall–Kier alpha value is -1.74. The number of hydrogen-bond donors (Lipinski definition) is 1. The van der Waals surface area contributed by atoms with Gasteiger partial charge in [-0.25, -0.2) is 0 Å². The molecule has 1 aromatic heterocycles. The summed E-state index contributed by atoms with van der Waals surface area (Å²) in [7, 11) is 0. The predicted molar refractivity (Wildman–Crippen MR) is 76.2 cm³/mol. The van der Waals surface area contributed by atoms with Crippen LogP contribution in [-0.2, 0) is 13.2 Å². The Balaban J connectivity index is 2.10. The van der Waals surface area contributed by atoms with E-state index < -0.39 is 0 Å². The summed E-state index contributed by atoms with van der Waals surface area (Å²) in [5, 5.41) is 0. The third-order valence-electron chi connectivity index (χ3n) is 3.17. The molecular formula is C16H21NO2. The predicted octanol–water partition coefficient (Wildman–Crippen LogP) is 3.75. The second-order valence-electron chi connectivity index (χ2n) is 5.00. The summed E-state index contributed by atoms with van der Waals surface area (Å²) < 4.78 is 11.5. The van der Waals surface area contributed by atoms with E-state index >= 15 is 0 Å². The molecule has 0 atom stereocenters. The van der Waals surface area contributed by atoms with E-state index in [2.05, 4.69) is 19.9 Å². The summed E-state index contributed by atoms with van der Waals surface area (Å²) in [6, 6.07) is 10.1. The summed E-state index contributed by atoms with van der Waals surface area (Å²) in [5.41, 5.74) is 7.90. The number of furan rings is 1. The van der Waals surface area contributed by atoms with Gasteiger partial charge in [0.1, 0.15) is 23.9 Å². The highest BCUT2D eigenvalue weighted by atomic mass is 16.5. The normalized spacial score (nSPS) is 11.0. The van der Waals surface area contributed by atoms with Crippen LogP contribution in [0.25, 0.3) is 0 Å². The molecule has 0 aliphatic heterocycles. The van der Waals surface area contributed by atoms with Gasteiger partial charge in [-0.2, -0.15) is 0 Å². The van der Waals surface area contributed by atoms with Crippen LogP contribution in [0.4, 0.5) is 0 Å². The average molecular weight is 259 g/mol. The first kappa shape index (κ1) is 13.7. The van der Waals surface area contributed by atoms with Crippen molar-refractivity contribution < 1.29 is 9.15 Å². The van der Waals surface area contributed by atoms with E-state index in [1.165, 1.54) is 5.56 Å². The van der Waals surface area contributed by atoms with Crippen molar-refractivity contribution in [3.05, 3.63) is 53.0 Å². The molecule has 3 heteroatoms. The number of para-hydroxylation sites is 1. The SMILES string of the molecule is Cc1cc(COc2ccccc2C(C)C)oc1CN. The van der Waals surface area contributed by atoms with Gasteiger partial charge in [0.25, 0.3) is 0 Å². The van der Waals surface area contributed by atoms with Gasteiger partial charge in [0.05, 0.1) is 6.54 Å². The molecule has 3 nitrogen and oxygen atoms in total. The molecule has 0 bridgehead atoms.